The zero-order valence-electron chi connectivity index (χ0n) is 14.8. The van der Waals surface area contributed by atoms with Gasteiger partial charge in [-0.2, -0.15) is 13.2 Å². The summed E-state index contributed by atoms with van der Waals surface area (Å²) in [4.78, 5) is 23.1. The SMILES string of the molecule is CC(C(=O)O)c1cccc(NC(=O)COc2ccccc2OCC(F)(F)F)c1. The van der Waals surface area contributed by atoms with E-state index in [1.54, 1.807) is 18.2 Å². The summed E-state index contributed by atoms with van der Waals surface area (Å²) >= 11 is 0. The summed E-state index contributed by atoms with van der Waals surface area (Å²) in [6, 6.07) is 12.0. The van der Waals surface area contributed by atoms with Gasteiger partial charge in [0, 0.05) is 5.69 Å². The van der Waals surface area contributed by atoms with Gasteiger partial charge in [-0.25, -0.2) is 0 Å². The second kappa shape index (κ2) is 9.12. The molecular formula is C19H18F3NO5. The van der Waals surface area contributed by atoms with Crippen LogP contribution in [0.1, 0.15) is 18.4 Å². The molecule has 0 heterocycles. The first-order valence-electron chi connectivity index (χ1n) is 8.19. The Morgan fingerprint density at radius 2 is 1.71 bits per heavy atom. The van der Waals surface area contributed by atoms with E-state index in [1.165, 1.54) is 37.3 Å². The predicted octanol–water partition coefficient (Wildman–Crippen LogP) is 3.83. The van der Waals surface area contributed by atoms with Crippen molar-refractivity contribution in [3.05, 3.63) is 54.1 Å². The van der Waals surface area contributed by atoms with Crippen molar-refractivity contribution in [2.45, 2.75) is 19.0 Å². The quantitative estimate of drug-likeness (QED) is 0.707. The molecule has 2 rings (SSSR count). The van der Waals surface area contributed by atoms with Crippen molar-refractivity contribution < 1.29 is 37.3 Å². The van der Waals surface area contributed by atoms with Crippen molar-refractivity contribution in [2.24, 2.45) is 0 Å². The molecule has 0 saturated carbocycles. The number of carbonyl (C=O) groups is 2. The number of carboxylic acid groups (broad SMARTS) is 1. The molecule has 0 spiro atoms. The number of ether oxygens (including phenoxy) is 2. The smallest absolute Gasteiger partial charge is 0.422 e. The van der Waals surface area contributed by atoms with Crippen LogP contribution in [0.4, 0.5) is 18.9 Å². The lowest BCUT2D eigenvalue weighted by Gasteiger charge is -2.14. The molecule has 2 N–H and O–H groups in total. The van der Waals surface area contributed by atoms with Crippen LogP contribution in [-0.4, -0.2) is 36.4 Å². The fourth-order valence-corrected chi connectivity index (χ4v) is 2.22. The molecule has 1 amide bonds. The molecule has 9 heteroatoms. The Morgan fingerprint density at radius 1 is 1.07 bits per heavy atom. The van der Waals surface area contributed by atoms with E-state index in [0.29, 0.717) is 11.3 Å². The number of halogens is 3. The number of carbonyl (C=O) groups excluding carboxylic acids is 1. The molecule has 0 aromatic heterocycles. The normalized spacial score (nSPS) is 12.1. The molecule has 150 valence electrons. The van der Waals surface area contributed by atoms with Crippen LogP contribution in [0.3, 0.4) is 0 Å². The summed E-state index contributed by atoms with van der Waals surface area (Å²) in [6.07, 6.45) is -4.50. The predicted molar refractivity (Wildman–Crippen MR) is 94.6 cm³/mol. The summed E-state index contributed by atoms with van der Waals surface area (Å²) < 4.78 is 46.8. The van der Waals surface area contributed by atoms with Gasteiger partial charge in [0.15, 0.2) is 24.7 Å². The summed E-state index contributed by atoms with van der Waals surface area (Å²) in [6.45, 7) is -0.427. The molecule has 0 saturated heterocycles. The zero-order valence-corrected chi connectivity index (χ0v) is 14.8. The first-order chi connectivity index (χ1) is 13.2. The Labute approximate surface area is 158 Å². The second-order valence-corrected chi connectivity index (χ2v) is 5.87. The van der Waals surface area contributed by atoms with Crippen LogP contribution in [0.2, 0.25) is 0 Å². The van der Waals surface area contributed by atoms with Gasteiger partial charge in [-0.1, -0.05) is 24.3 Å². The van der Waals surface area contributed by atoms with Crippen molar-refractivity contribution >= 4 is 17.6 Å². The van der Waals surface area contributed by atoms with E-state index in [1.807, 2.05) is 0 Å². The third-order valence-corrected chi connectivity index (χ3v) is 3.64. The van der Waals surface area contributed by atoms with Gasteiger partial charge in [-0.05, 0) is 36.8 Å². The van der Waals surface area contributed by atoms with Gasteiger partial charge < -0.3 is 19.9 Å². The third kappa shape index (κ3) is 6.49. The zero-order chi connectivity index (χ0) is 20.7. The van der Waals surface area contributed by atoms with Crippen LogP contribution < -0.4 is 14.8 Å². The van der Waals surface area contributed by atoms with Crippen molar-refractivity contribution in [3.63, 3.8) is 0 Å². The number of hydrogen-bond acceptors (Lipinski definition) is 4. The first-order valence-corrected chi connectivity index (χ1v) is 8.19. The Balaban J connectivity index is 1.96. The number of nitrogens with one attached hydrogen (secondary N) is 1. The fourth-order valence-electron chi connectivity index (χ4n) is 2.22. The third-order valence-electron chi connectivity index (χ3n) is 3.64. The van der Waals surface area contributed by atoms with Crippen molar-refractivity contribution in [2.75, 3.05) is 18.5 Å². The summed E-state index contributed by atoms with van der Waals surface area (Å²) in [7, 11) is 0. The first kappa shape index (κ1) is 21.1. The van der Waals surface area contributed by atoms with Gasteiger partial charge in [0.25, 0.3) is 5.91 Å². The van der Waals surface area contributed by atoms with E-state index in [2.05, 4.69) is 10.1 Å². The average Bonchev–Trinajstić information content (AvgIpc) is 2.64. The Hall–Kier alpha value is -3.23. The highest BCUT2D eigenvalue weighted by Crippen LogP contribution is 2.28. The summed E-state index contributed by atoms with van der Waals surface area (Å²) in [5.74, 6) is -2.45. The minimum absolute atomic E-state index is 0.00449. The molecule has 1 atom stereocenters. The number of anilines is 1. The topological polar surface area (TPSA) is 84.9 Å². The molecule has 1 unspecified atom stereocenters. The Bertz CT molecular complexity index is 838. The van der Waals surface area contributed by atoms with Crippen molar-refractivity contribution in [1.82, 2.24) is 0 Å². The van der Waals surface area contributed by atoms with Crippen LogP contribution in [0.25, 0.3) is 0 Å². The number of para-hydroxylation sites is 2. The van der Waals surface area contributed by atoms with Gasteiger partial charge >= 0.3 is 12.1 Å². The number of aliphatic carboxylic acids is 1. The molecule has 0 aliphatic heterocycles. The van der Waals surface area contributed by atoms with Crippen LogP contribution in [0.5, 0.6) is 11.5 Å². The van der Waals surface area contributed by atoms with Gasteiger partial charge in [0.1, 0.15) is 0 Å². The minimum Gasteiger partial charge on any atom is -0.481 e. The lowest BCUT2D eigenvalue weighted by atomic mass is 10.0. The Kier molecular flexibility index (Phi) is 6.86. The molecule has 0 radical (unpaired) electrons. The Morgan fingerprint density at radius 3 is 2.32 bits per heavy atom. The highest BCUT2D eigenvalue weighted by molar-refractivity contribution is 5.92. The second-order valence-electron chi connectivity index (χ2n) is 5.87. The lowest BCUT2D eigenvalue weighted by Crippen LogP contribution is -2.22. The number of hydrogen-bond donors (Lipinski definition) is 2. The molecule has 0 aliphatic rings. The maximum absolute atomic E-state index is 12.3. The number of carboxylic acids is 1. The van der Waals surface area contributed by atoms with Gasteiger partial charge in [0.2, 0.25) is 0 Å². The number of benzene rings is 2. The summed E-state index contributed by atoms with van der Waals surface area (Å²) in [5, 5.41) is 11.6. The van der Waals surface area contributed by atoms with Crippen molar-refractivity contribution in [1.29, 1.82) is 0 Å². The van der Waals surface area contributed by atoms with E-state index in [9.17, 15) is 22.8 Å². The molecule has 2 aromatic carbocycles. The van der Waals surface area contributed by atoms with Gasteiger partial charge in [-0.15, -0.1) is 0 Å². The number of rotatable bonds is 8. The molecule has 0 fully saturated rings. The number of amides is 1. The largest absolute Gasteiger partial charge is 0.481 e. The van der Waals surface area contributed by atoms with Crippen LogP contribution in [-0.2, 0) is 9.59 Å². The average molecular weight is 397 g/mol. The van der Waals surface area contributed by atoms with E-state index >= 15 is 0 Å². The monoisotopic (exact) mass is 397 g/mol. The van der Waals surface area contributed by atoms with E-state index in [0.717, 1.165) is 0 Å². The highest BCUT2D eigenvalue weighted by atomic mass is 19.4. The molecule has 0 aliphatic carbocycles. The fraction of sp³-hybridized carbons (Fsp3) is 0.263. The molecule has 6 nitrogen and oxygen atoms in total. The molecule has 28 heavy (non-hydrogen) atoms. The molecule has 2 aromatic rings. The standard InChI is InChI=1S/C19H18F3NO5/c1-12(18(25)26)13-5-4-6-14(9-13)23-17(24)10-27-15-7-2-3-8-16(15)28-11-19(20,21)22/h2-9,12H,10-11H2,1H3,(H,23,24)(H,25,26). The van der Waals surface area contributed by atoms with E-state index < -0.39 is 37.2 Å². The maximum Gasteiger partial charge on any atom is 0.422 e. The molecule has 0 bridgehead atoms. The van der Waals surface area contributed by atoms with Crippen LogP contribution in [0.15, 0.2) is 48.5 Å². The van der Waals surface area contributed by atoms with Crippen LogP contribution in [0, 0.1) is 0 Å². The van der Waals surface area contributed by atoms with Gasteiger partial charge in [-0.3, -0.25) is 9.59 Å². The van der Waals surface area contributed by atoms with Crippen molar-refractivity contribution in [3.8, 4) is 11.5 Å². The maximum atomic E-state index is 12.3. The van der Waals surface area contributed by atoms with E-state index in [-0.39, 0.29) is 11.5 Å². The lowest BCUT2D eigenvalue weighted by molar-refractivity contribution is -0.153. The molecular weight excluding hydrogens is 379 g/mol. The minimum atomic E-state index is -4.50. The van der Waals surface area contributed by atoms with E-state index in [4.69, 9.17) is 9.84 Å². The highest BCUT2D eigenvalue weighted by Gasteiger charge is 2.29. The van der Waals surface area contributed by atoms with Gasteiger partial charge in [0.05, 0.1) is 5.92 Å². The summed E-state index contributed by atoms with van der Waals surface area (Å²) in [5.41, 5.74) is 0.887. The number of alkyl halides is 3. The van der Waals surface area contributed by atoms with Crippen LogP contribution >= 0.6 is 0 Å².